The third kappa shape index (κ3) is 3.33. The molecule has 2 aromatic rings. The number of para-hydroxylation sites is 1. The highest BCUT2D eigenvalue weighted by molar-refractivity contribution is 6.04. The van der Waals surface area contributed by atoms with Gasteiger partial charge in [-0.2, -0.15) is 0 Å². The molecule has 0 unspecified atom stereocenters. The maximum Gasteiger partial charge on any atom is 0.255 e. The fraction of sp³-hybridized carbons (Fsp3) is 0.133. The van der Waals surface area contributed by atoms with Gasteiger partial charge in [0.2, 0.25) is 0 Å². The van der Waals surface area contributed by atoms with Crippen LogP contribution in [0.15, 0.2) is 48.5 Å². The Kier molecular flexibility index (Phi) is 4.15. The predicted octanol–water partition coefficient (Wildman–Crippen LogP) is 2.79. The van der Waals surface area contributed by atoms with Gasteiger partial charge in [-0.25, -0.2) is 0 Å². The molecule has 0 fully saturated rings. The summed E-state index contributed by atoms with van der Waals surface area (Å²) in [5.74, 6) is -0.0834. The van der Waals surface area contributed by atoms with Gasteiger partial charge < -0.3 is 15.2 Å². The van der Waals surface area contributed by atoms with E-state index in [9.17, 15) is 9.90 Å². The van der Waals surface area contributed by atoms with Crippen LogP contribution in [0.4, 0.5) is 5.69 Å². The molecule has 98 valence electrons. The number of carbonyl (C=O) groups excluding carboxylic acids is 1. The highest BCUT2D eigenvalue weighted by Gasteiger charge is 2.08. The summed E-state index contributed by atoms with van der Waals surface area (Å²) >= 11 is 0. The molecule has 19 heavy (non-hydrogen) atoms. The van der Waals surface area contributed by atoms with Gasteiger partial charge in [0.25, 0.3) is 5.91 Å². The van der Waals surface area contributed by atoms with E-state index in [-0.39, 0.29) is 11.7 Å². The number of phenolic OH excluding ortho intramolecular Hbond substituents is 1. The summed E-state index contributed by atoms with van der Waals surface area (Å²) in [5, 5.41) is 12.0. The van der Waals surface area contributed by atoms with Crippen molar-refractivity contribution in [1.82, 2.24) is 0 Å². The number of amides is 1. The lowest BCUT2D eigenvalue weighted by molar-refractivity contribution is 0.102. The van der Waals surface area contributed by atoms with Crippen molar-refractivity contribution in [3.8, 4) is 5.75 Å². The van der Waals surface area contributed by atoms with Crippen molar-refractivity contribution < 1.29 is 14.6 Å². The van der Waals surface area contributed by atoms with Crippen LogP contribution in [-0.2, 0) is 11.3 Å². The Bertz CT molecular complexity index is 564. The molecule has 0 aliphatic carbocycles. The lowest BCUT2D eigenvalue weighted by Crippen LogP contribution is -2.13. The smallest absolute Gasteiger partial charge is 0.255 e. The maximum absolute atomic E-state index is 12.0. The molecule has 0 bridgehead atoms. The van der Waals surface area contributed by atoms with E-state index in [4.69, 9.17) is 4.74 Å². The van der Waals surface area contributed by atoms with Gasteiger partial charge in [0.1, 0.15) is 5.75 Å². The molecule has 2 aromatic carbocycles. The maximum atomic E-state index is 12.0. The van der Waals surface area contributed by atoms with Gasteiger partial charge in [-0.3, -0.25) is 4.79 Å². The van der Waals surface area contributed by atoms with E-state index in [0.29, 0.717) is 12.2 Å². The Balaban J connectivity index is 2.16. The van der Waals surface area contributed by atoms with Crippen LogP contribution < -0.4 is 5.32 Å². The van der Waals surface area contributed by atoms with E-state index < -0.39 is 0 Å². The van der Waals surface area contributed by atoms with Crippen LogP contribution in [0.2, 0.25) is 0 Å². The van der Waals surface area contributed by atoms with Crippen LogP contribution >= 0.6 is 0 Å². The van der Waals surface area contributed by atoms with Crippen LogP contribution in [0.5, 0.6) is 5.75 Å². The number of anilines is 1. The Hall–Kier alpha value is -2.33. The van der Waals surface area contributed by atoms with Crippen LogP contribution in [-0.4, -0.2) is 18.1 Å². The molecule has 0 heterocycles. The van der Waals surface area contributed by atoms with E-state index in [2.05, 4.69) is 5.32 Å². The van der Waals surface area contributed by atoms with E-state index >= 15 is 0 Å². The monoisotopic (exact) mass is 257 g/mol. The number of methoxy groups -OCH3 is 1. The van der Waals surface area contributed by atoms with Gasteiger partial charge in [-0.1, -0.05) is 18.2 Å². The number of carbonyl (C=O) groups is 1. The first-order valence-electron chi connectivity index (χ1n) is 5.88. The number of hydrogen-bond donors (Lipinski definition) is 2. The van der Waals surface area contributed by atoms with Gasteiger partial charge in [0.05, 0.1) is 6.61 Å². The van der Waals surface area contributed by atoms with Crippen molar-refractivity contribution in [2.45, 2.75) is 6.61 Å². The molecule has 0 saturated carbocycles. The summed E-state index contributed by atoms with van der Waals surface area (Å²) in [5.41, 5.74) is 2.13. The number of aromatic hydroxyl groups is 1. The number of ether oxygens (including phenoxy) is 1. The third-order valence-electron chi connectivity index (χ3n) is 2.69. The minimum absolute atomic E-state index is 0.135. The minimum atomic E-state index is -0.219. The number of rotatable bonds is 4. The molecule has 0 aromatic heterocycles. The van der Waals surface area contributed by atoms with Crippen molar-refractivity contribution in [2.75, 3.05) is 12.4 Å². The van der Waals surface area contributed by atoms with Crippen LogP contribution in [0, 0.1) is 0 Å². The fourth-order valence-corrected chi connectivity index (χ4v) is 1.73. The second-order valence-corrected chi connectivity index (χ2v) is 4.09. The number of nitrogens with one attached hydrogen (secondary N) is 1. The van der Waals surface area contributed by atoms with E-state index in [1.54, 1.807) is 19.2 Å². The molecule has 4 heteroatoms. The molecule has 2 rings (SSSR count). The molecule has 0 spiro atoms. The lowest BCUT2D eigenvalue weighted by Gasteiger charge is -2.10. The summed E-state index contributed by atoms with van der Waals surface area (Å²) in [6.45, 7) is 0.437. The molecule has 0 atom stereocenters. The molecule has 2 N–H and O–H groups in total. The molecule has 1 amide bonds. The minimum Gasteiger partial charge on any atom is -0.508 e. The third-order valence-corrected chi connectivity index (χ3v) is 2.69. The van der Waals surface area contributed by atoms with Gasteiger partial charge in [-0.05, 0) is 30.3 Å². The van der Waals surface area contributed by atoms with E-state index in [0.717, 1.165) is 11.3 Å². The highest BCUT2D eigenvalue weighted by Crippen LogP contribution is 2.17. The summed E-state index contributed by atoms with van der Waals surface area (Å²) in [4.78, 5) is 12.0. The average molecular weight is 257 g/mol. The first-order chi connectivity index (χ1) is 9.20. The van der Waals surface area contributed by atoms with Gasteiger partial charge in [0, 0.05) is 23.9 Å². The summed E-state index contributed by atoms with van der Waals surface area (Å²) < 4.78 is 5.09. The van der Waals surface area contributed by atoms with Gasteiger partial charge in [-0.15, -0.1) is 0 Å². The predicted molar refractivity (Wildman–Crippen MR) is 73.2 cm³/mol. The second kappa shape index (κ2) is 6.02. The average Bonchev–Trinajstić information content (AvgIpc) is 2.42. The largest absolute Gasteiger partial charge is 0.508 e. The summed E-state index contributed by atoms with van der Waals surface area (Å²) in [6.07, 6.45) is 0. The molecular formula is C15H15NO3. The molecule has 0 saturated heterocycles. The zero-order valence-electron chi connectivity index (χ0n) is 10.6. The van der Waals surface area contributed by atoms with E-state index in [1.807, 2.05) is 24.3 Å². The van der Waals surface area contributed by atoms with Crippen LogP contribution in [0.1, 0.15) is 15.9 Å². The van der Waals surface area contributed by atoms with E-state index in [1.165, 1.54) is 12.1 Å². The van der Waals surface area contributed by atoms with Crippen molar-refractivity contribution in [3.05, 3.63) is 59.7 Å². The first-order valence-corrected chi connectivity index (χ1v) is 5.88. The first kappa shape index (κ1) is 13.1. The highest BCUT2D eigenvalue weighted by atomic mass is 16.5. The van der Waals surface area contributed by atoms with Gasteiger partial charge in [0.15, 0.2) is 0 Å². The van der Waals surface area contributed by atoms with Crippen molar-refractivity contribution in [3.63, 3.8) is 0 Å². The fourth-order valence-electron chi connectivity index (χ4n) is 1.73. The number of benzene rings is 2. The standard InChI is InChI=1S/C15H15NO3/c1-19-10-12-4-2-3-5-14(12)16-15(18)11-6-8-13(17)9-7-11/h2-9,17H,10H2,1H3,(H,16,18). The molecule has 4 nitrogen and oxygen atoms in total. The quantitative estimate of drug-likeness (QED) is 0.885. The SMILES string of the molecule is COCc1ccccc1NC(=O)c1ccc(O)cc1. The van der Waals surface area contributed by atoms with Gasteiger partial charge >= 0.3 is 0 Å². The lowest BCUT2D eigenvalue weighted by atomic mass is 10.1. The summed E-state index contributed by atoms with van der Waals surface area (Å²) in [7, 11) is 1.61. The zero-order valence-corrected chi connectivity index (χ0v) is 10.6. The molecular weight excluding hydrogens is 242 g/mol. The Labute approximate surface area is 111 Å². The van der Waals surface area contributed by atoms with Crippen LogP contribution in [0.25, 0.3) is 0 Å². The zero-order chi connectivity index (χ0) is 13.7. The Morgan fingerprint density at radius 1 is 1.16 bits per heavy atom. The number of phenols is 1. The second-order valence-electron chi connectivity index (χ2n) is 4.09. The Morgan fingerprint density at radius 3 is 2.53 bits per heavy atom. The normalized spacial score (nSPS) is 10.2. The number of hydrogen-bond acceptors (Lipinski definition) is 3. The van der Waals surface area contributed by atoms with Crippen molar-refractivity contribution in [2.24, 2.45) is 0 Å². The Morgan fingerprint density at radius 2 is 1.84 bits per heavy atom. The van der Waals surface area contributed by atoms with Crippen molar-refractivity contribution >= 4 is 11.6 Å². The molecule has 0 radical (unpaired) electrons. The topological polar surface area (TPSA) is 58.6 Å². The summed E-state index contributed by atoms with van der Waals surface area (Å²) in [6, 6.07) is 13.6. The molecule has 0 aliphatic heterocycles. The van der Waals surface area contributed by atoms with Crippen molar-refractivity contribution in [1.29, 1.82) is 0 Å². The molecule has 0 aliphatic rings. The van der Waals surface area contributed by atoms with Crippen LogP contribution in [0.3, 0.4) is 0 Å².